The lowest BCUT2D eigenvalue weighted by Crippen LogP contribution is -2.34. The summed E-state index contributed by atoms with van der Waals surface area (Å²) < 4.78 is 28.1. The Kier molecular flexibility index (Phi) is 6.57. The fraction of sp³-hybridized carbons (Fsp3) is 0.276. The fourth-order valence-corrected chi connectivity index (χ4v) is 4.61. The van der Waals surface area contributed by atoms with Crippen molar-refractivity contribution in [3.63, 3.8) is 0 Å². The second-order valence-electron chi connectivity index (χ2n) is 8.84. The van der Waals surface area contributed by atoms with Gasteiger partial charge in [0, 0.05) is 24.2 Å². The highest BCUT2D eigenvalue weighted by molar-refractivity contribution is 6.15. The molecule has 0 saturated heterocycles. The van der Waals surface area contributed by atoms with Gasteiger partial charge in [-0.05, 0) is 60.9 Å². The lowest BCUT2D eigenvalue weighted by Gasteiger charge is -2.30. The highest BCUT2D eigenvalue weighted by atomic mass is 16.5. The SMILES string of the molecule is COc1ccc(/C=C2\Oc3c(cc4c(c3C)OCN(CCc3ccc(OC)c(OC)c3)C4)C2=O)cc1. The molecule has 186 valence electrons. The number of carbonyl (C=O) groups is 1. The minimum Gasteiger partial charge on any atom is -0.497 e. The molecule has 2 aliphatic heterocycles. The van der Waals surface area contributed by atoms with Crippen LogP contribution in [0, 0.1) is 6.92 Å². The molecule has 0 fully saturated rings. The summed E-state index contributed by atoms with van der Waals surface area (Å²) in [7, 11) is 4.89. The third-order valence-electron chi connectivity index (χ3n) is 6.58. The van der Waals surface area contributed by atoms with Gasteiger partial charge in [-0.25, -0.2) is 0 Å². The first-order valence-corrected chi connectivity index (χ1v) is 11.8. The molecule has 0 aliphatic carbocycles. The average Bonchev–Trinajstić information content (AvgIpc) is 3.22. The number of carbonyl (C=O) groups excluding carboxylic acids is 1. The van der Waals surface area contributed by atoms with Gasteiger partial charge in [0.15, 0.2) is 17.3 Å². The molecule has 0 radical (unpaired) electrons. The molecule has 7 nitrogen and oxygen atoms in total. The van der Waals surface area contributed by atoms with Crippen LogP contribution in [0.3, 0.4) is 0 Å². The molecule has 5 rings (SSSR count). The largest absolute Gasteiger partial charge is 0.497 e. The van der Waals surface area contributed by atoms with Gasteiger partial charge in [0.2, 0.25) is 5.78 Å². The Morgan fingerprint density at radius 3 is 2.44 bits per heavy atom. The first kappa shape index (κ1) is 23.8. The molecule has 2 heterocycles. The first-order valence-electron chi connectivity index (χ1n) is 11.8. The molecule has 0 amide bonds. The lowest BCUT2D eigenvalue weighted by molar-refractivity contribution is 0.0953. The van der Waals surface area contributed by atoms with E-state index < -0.39 is 0 Å². The number of Topliss-reactive ketones (excluding diaryl/α,β-unsaturated/α-hetero) is 1. The van der Waals surface area contributed by atoms with E-state index in [0.717, 1.165) is 52.5 Å². The lowest BCUT2D eigenvalue weighted by atomic mass is 10.00. The molecular weight excluding hydrogens is 458 g/mol. The van der Waals surface area contributed by atoms with Gasteiger partial charge in [-0.3, -0.25) is 9.69 Å². The smallest absolute Gasteiger partial charge is 0.231 e. The van der Waals surface area contributed by atoms with Crippen molar-refractivity contribution in [2.75, 3.05) is 34.6 Å². The molecule has 7 heteroatoms. The molecule has 2 aliphatic rings. The summed E-state index contributed by atoms with van der Waals surface area (Å²) in [6.45, 7) is 3.92. The van der Waals surface area contributed by atoms with E-state index >= 15 is 0 Å². The van der Waals surface area contributed by atoms with E-state index in [-0.39, 0.29) is 5.78 Å². The van der Waals surface area contributed by atoms with Crippen molar-refractivity contribution in [3.05, 3.63) is 82.1 Å². The molecule has 3 aromatic carbocycles. The Morgan fingerprint density at radius 2 is 1.72 bits per heavy atom. The third-order valence-corrected chi connectivity index (χ3v) is 6.58. The van der Waals surface area contributed by atoms with Crippen molar-refractivity contribution in [1.82, 2.24) is 4.90 Å². The second-order valence-corrected chi connectivity index (χ2v) is 8.84. The predicted octanol–water partition coefficient (Wildman–Crippen LogP) is 5.03. The summed E-state index contributed by atoms with van der Waals surface area (Å²) in [5.41, 5.74) is 4.45. The predicted molar refractivity (Wildman–Crippen MR) is 136 cm³/mol. The maximum atomic E-state index is 13.2. The minimum absolute atomic E-state index is 0.117. The Morgan fingerprint density at radius 1 is 0.944 bits per heavy atom. The number of hydrogen-bond donors (Lipinski definition) is 0. The standard InChI is InChI=1S/C29H29NO6/c1-18-28-21(16-30(17-35-28)12-11-20-7-10-24(33-3)25(13-20)34-4)15-23-27(31)26(36-29(18)23)14-19-5-8-22(32-2)9-6-19/h5-10,13-15H,11-12,16-17H2,1-4H3/b26-14-. The maximum Gasteiger partial charge on any atom is 0.231 e. The van der Waals surface area contributed by atoms with Crippen LogP contribution in [-0.2, 0) is 13.0 Å². The van der Waals surface area contributed by atoms with Crippen molar-refractivity contribution >= 4 is 11.9 Å². The van der Waals surface area contributed by atoms with Crippen LogP contribution in [0.4, 0.5) is 0 Å². The van der Waals surface area contributed by atoms with Crippen LogP contribution in [0.15, 0.2) is 54.3 Å². The van der Waals surface area contributed by atoms with Gasteiger partial charge < -0.3 is 23.7 Å². The van der Waals surface area contributed by atoms with Crippen LogP contribution in [0.5, 0.6) is 28.7 Å². The zero-order valence-corrected chi connectivity index (χ0v) is 20.9. The normalized spacial score (nSPS) is 15.7. The highest BCUT2D eigenvalue weighted by Crippen LogP contribution is 2.43. The number of rotatable bonds is 7. The Balaban J connectivity index is 1.31. The molecule has 0 unspecified atom stereocenters. The first-order chi connectivity index (χ1) is 17.5. The summed E-state index contributed by atoms with van der Waals surface area (Å²) in [6.07, 6.45) is 2.59. The molecule has 3 aromatic rings. The second kappa shape index (κ2) is 9.95. The number of ether oxygens (including phenoxy) is 5. The topological polar surface area (TPSA) is 66.5 Å². The molecule has 0 atom stereocenters. The van der Waals surface area contributed by atoms with E-state index in [1.807, 2.05) is 55.5 Å². The van der Waals surface area contributed by atoms with E-state index in [1.54, 1.807) is 27.4 Å². The van der Waals surface area contributed by atoms with Crippen LogP contribution < -0.4 is 23.7 Å². The quantitative estimate of drug-likeness (QED) is 0.433. The number of benzene rings is 3. The average molecular weight is 488 g/mol. The Bertz CT molecular complexity index is 1330. The Hall–Kier alpha value is -3.97. The van der Waals surface area contributed by atoms with E-state index in [1.165, 1.54) is 0 Å². The zero-order chi connectivity index (χ0) is 25.2. The van der Waals surface area contributed by atoms with Gasteiger partial charge in [-0.15, -0.1) is 0 Å². The van der Waals surface area contributed by atoms with E-state index in [4.69, 9.17) is 23.7 Å². The van der Waals surface area contributed by atoms with Crippen LogP contribution >= 0.6 is 0 Å². The molecule has 0 N–H and O–H groups in total. The molecule has 36 heavy (non-hydrogen) atoms. The van der Waals surface area contributed by atoms with Crippen LogP contribution in [0.25, 0.3) is 6.08 Å². The van der Waals surface area contributed by atoms with Crippen molar-refractivity contribution in [2.24, 2.45) is 0 Å². The molecule has 0 saturated carbocycles. The van der Waals surface area contributed by atoms with Crippen molar-refractivity contribution in [2.45, 2.75) is 19.9 Å². The number of fused-ring (bicyclic) bond motifs is 2. The third kappa shape index (κ3) is 4.50. The van der Waals surface area contributed by atoms with Crippen molar-refractivity contribution < 1.29 is 28.5 Å². The van der Waals surface area contributed by atoms with Gasteiger partial charge >= 0.3 is 0 Å². The van der Waals surface area contributed by atoms with Gasteiger partial charge in [-0.2, -0.15) is 0 Å². The summed E-state index contributed by atoms with van der Waals surface area (Å²) in [6, 6.07) is 15.4. The summed E-state index contributed by atoms with van der Waals surface area (Å²) >= 11 is 0. The maximum absolute atomic E-state index is 13.2. The fourth-order valence-electron chi connectivity index (χ4n) is 4.61. The van der Waals surface area contributed by atoms with Crippen molar-refractivity contribution in [3.8, 4) is 28.7 Å². The molecule has 0 bridgehead atoms. The molecular formula is C29H29NO6. The molecule has 0 spiro atoms. The molecule has 0 aromatic heterocycles. The van der Waals surface area contributed by atoms with Crippen LogP contribution in [0.2, 0.25) is 0 Å². The number of ketones is 1. The summed E-state index contributed by atoms with van der Waals surface area (Å²) in [5, 5.41) is 0. The number of hydrogen-bond acceptors (Lipinski definition) is 7. The highest BCUT2D eigenvalue weighted by Gasteiger charge is 2.33. The van der Waals surface area contributed by atoms with Gasteiger partial charge in [0.25, 0.3) is 0 Å². The van der Waals surface area contributed by atoms with E-state index in [9.17, 15) is 4.79 Å². The minimum atomic E-state index is -0.117. The van der Waals surface area contributed by atoms with Crippen LogP contribution in [0.1, 0.15) is 32.6 Å². The number of allylic oxidation sites excluding steroid dienone is 1. The van der Waals surface area contributed by atoms with Crippen LogP contribution in [-0.4, -0.2) is 45.3 Å². The van der Waals surface area contributed by atoms with Crippen molar-refractivity contribution in [1.29, 1.82) is 0 Å². The summed E-state index contributed by atoms with van der Waals surface area (Å²) in [5.74, 6) is 3.77. The zero-order valence-electron chi connectivity index (χ0n) is 20.9. The van der Waals surface area contributed by atoms with Gasteiger partial charge in [0.1, 0.15) is 24.0 Å². The number of nitrogens with zero attached hydrogens (tertiary/aromatic N) is 1. The van der Waals surface area contributed by atoms with Gasteiger partial charge in [0.05, 0.1) is 26.9 Å². The van der Waals surface area contributed by atoms with Gasteiger partial charge in [-0.1, -0.05) is 18.2 Å². The summed E-state index contributed by atoms with van der Waals surface area (Å²) in [4.78, 5) is 15.4. The van der Waals surface area contributed by atoms with E-state index in [0.29, 0.717) is 36.1 Å². The number of methoxy groups -OCH3 is 3. The Labute approximate surface area is 210 Å². The monoisotopic (exact) mass is 487 g/mol. The van der Waals surface area contributed by atoms with E-state index in [2.05, 4.69) is 4.90 Å².